The van der Waals surface area contributed by atoms with Crippen LogP contribution in [0.2, 0.25) is 18.1 Å². The summed E-state index contributed by atoms with van der Waals surface area (Å²) in [7, 11) is 1.18. The third kappa shape index (κ3) is 8.38. The molecule has 0 aromatic heterocycles. The molecule has 0 spiro atoms. The molecule has 3 aliphatic rings. The fourth-order valence-electron chi connectivity index (χ4n) is 5.94. The van der Waals surface area contributed by atoms with Crippen molar-refractivity contribution in [3.8, 4) is 5.75 Å². The van der Waals surface area contributed by atoms with Crippen molar-refractivity contribution in [2.24, 2.45) is 5.92 Å². The van der Waals surface area contributed by atoms with Crippen LogP contribution in [-0.4, -0.2) is 92.4 Å². The van der Waals surface area contributed by atoms with Gasteiger partial charge in [-0.3, -0.25) is 0 Å². The van der Waals surface area contributed by atoms with Gasteiger partial charge in [0.25, 0.3) is 0 Å². The number of rotatable bonds is 13. The molecule has 3 heterocycles. The highest BCUT2D eigenvalue weighted by atomic mass is 32.2. The molecule has 3 saturated heterocycles. The van der Waals surface area contributed by atoms with E-state index in [1.807, 2.05) is 61.6 Å². The van der Waals surface area contributed by atoms with E-state index in [-0.39, 0.29) is 23.7 Å². The Morgan fingerprint density at radius 3 is 2.30 bits per heavy atom. The Labute approximate surface area is 275 Å². The molecule has 0 unspecified atom stereocenters. The largest absolute Gasteiger partial charge is 0.497 e. The van der Waals surface area contributed by atoms with Crippen LogP contribution in [0.15, 0.2) is 24.3 Å². The SMILES string of the molecule is COc1ccc(COC[C@H](C)CC2([C@H](O)[C@H]3C[C@H]4OC(C)(C)O[C@H]4[C@](CO[Si](C)(C)C(C)(C)C)(OC)O3)SCCCS2)cc1. The van der Waals surface area contributed by atoms with Crippen molar-refractivity contribution in [1.29, 1.82) is 0 Å². The molecule has 252 valence electrons. The Bertz CT molecular complexity index is 1060. The molecule has 0 saturated carbocycles. The molecule has 4 rings (SSSR count). The van der Waals surface area contributed by atoms with E-state index in [4.69, 9.17) is 32.8 Å². The highest BCUT2D eigenvalue weighted by Gasteiger charge is 2.62. The van der Waals surface area contributed by atoms with Gasteiger partial charge in [-0.2, -0.15) is 0 Å². The number of benzene rings is 1. The van der Waals surface area contributed by atoms with Crippen LogP contribution >= 0.6 is 23.5 Å². The smallest absolute Gasteiger partial charge is 0.220 e. The van der Waals surface area contributed by atoms with Gasteiger partial charge in [0.1, 0.15) is 18.0 Å². The number of ether oxygens (including phenoxy) is 6. The summed E-state index contributed by atoms with van der Waals surface area (Å²) < 4.78 is 43.6. The number of thioether (sulfide) groups is 2. The van der Waals surface area contributed by atoms with E-state index in [1.54, 1.807) is 14.2 Å². The van der Waals surface area contributed by atoms with Crippen LogP contribution in [-0.2, 0) is 34.7 Å². The first-order chi connectivity index (χ1) is 20.6. The van der Waals surface area contributed by atoms with E-state index in [9.17, 15) is 5.11 Å². The lowest BCUT2D eigenvalue weighted by atomic mass is 9.90. The number of hydrogen-bond donors (Lipinski definition) is 1. The minimum Gasteiger partial charge on any atom is -0.497 e. The van der Waals surface area contributed by atoms with Crippen molar-refractivity contribution in [2.45, 2.75) is 126 Å². The van der Waals surface area contributed by atoms with Crippen LogP contribution in [0.4, 0.5) is 0 Å². The average molecular weight is 673 g/mol. The minimum absolute atomic E-state index is 0.0201. The van der Waals surface area contributed by atoms with Crippen LogP contribution in [0.3, 0.4) is 0 Å². The van der Waals surface area contributed by atoms with Gasteiger partial charge in [-0.25, -0.2) is 0 Å². The Morgan fingerprint density at radius 2 is 1.70 bits per heavy atom. The molecule has 44 heavy (non-hydrogen) atoms. The molecule has 1 aromatic carbocycles. The van der Waals surface area contributed by atoms with Gasteiger partial charge in [-0.05, 0) is 79.9 Å². The summed E-state index contributed by atoms with van der Waals surface area (Å²) >= 11 is 3.71. The zero-order valence-corrected chi connectivity index (χ0v) is 31.1. The number of methoxy groups -OCH3 is 2. The van der Waals surface area contributed by atoms with Gasteiger partial charge in [-0.1, -0.05) is 39.8 Å². The molecule has 0 radical (unpaired) electrons. The molecule has 1 aromatic rings. The van der Waals surface area contributed by atoms with Gasteiger partial charge in [0, 0.05) is 20.1 Å². The van der Waals surface area contributed by atoms with E-state index in [2.05, 4.69) is 40.8 Å². The normalized spacial score (nSPS) is 30.0. The summed E-state index contributed by atoms with van der Waals surface area (Å²) in [6, 6.07) is 7.97. The van der Waals surface area contributed by atoms with Crippen LogP contribution < -0.4 is 4.74 Å². The molecule has 0 aliphatic carbocycles. The van der Waals surface area contributed by atoms with Crippen molar-refractivity contribution in [2.75, 3.05) is 38.9 Å². The number of fused-ring (bicyclic) bond motifs is 1. The Morgan fingerprint density at radius 1 is 1.05 bits per heavy atom. The first-order valence-electron chi connectivity index (χ1n) is 15.9. The summed E-state index contributed by atoms with van der Waals surface area (Å²) in [5.74, 6) is 1.08. The van der Waals surface area contributed by atoms with E-state index in [1.165, 1.54) is 0 Å². The molecule has 6 atom stereocenters. The van der Waals surface area contributed by atoms with Crippen molar-refractivity contribution in [3.05, 3.63) is 29.8 Å². The van der Waals surface area contributed by atoms with Gasteiger partial charge in [0.2, 0.25) is 5.79 Å². The third-order valence-corrected chi connectivity index (χ3v) is 17.4. The number of hydrogen-bond acceptors (Lipinski definition) is 10. The topological polar surface area (TPSA) is 84.8 Å². The standard InChI is InChI=1S/C33H56O8S2Si/c1-23(20-37-21-24-12-14-25(35-7)15-13-24)19-33(42-16-11-17-43-33)28(34)26-18-27-29(41-31(5,6)39-27)32(36-8,40-26)22-38-44(9,10)30(2,3)4/h12-15,23,26-29,34H,11,16-22H2,1-10H3/t23-,26-,27-,28-,29-,32-/m1/s1. The van der Waals surface area contributed by atoms with E-state index >= 15 is 0 Å². The van der Waals surface area contributed by atoms with Gasteiger partial charge in [-0.15, -0.1) is 23.5 Å². The number of aliphatic hydroxyl groups excluding tert-OH is 1. The maximum atomic E-state index is 12.3. The Balaban J connectivity index is 1.50. The molecule has 1 N–H and O–H groups in total. The molecule has 3 fully saturated rings. The van der Waals surface area contributed by atoms with Crippen molar-refractivity contribution >= 4 is 31.8 Å². The zero-order chi connectivity index (χ0) is 32.4. The summed E-state index contributed by atoms with van der Waals surface area (Å²) in [5, 5.41) is 12.3. The maximum Gasteiger partial charge on any atom is 0.220 e. The molecule has 3 aliphatic heterocycles. The van der Waals surface area contributed by atoms with Crippen molar-refractivity contribution < 1.29 is 38.0 Å². The van der Waals surface area contributed by atoms with Gasteiger partial charge in [0.05, 0.1) is 36.6 Å². The summed E-state index contributed by atoms with van der Waals surface area (Å²) in [5.41, 5.74) is 1.11. The lowest BCUT2D eigenvalue weighted by Crippen LogP contribution is -2.65. The lowest BCUT2D eigenvalue weighted by molar-refractivity contribution is -0.338. The Kier molecular flexibility index (Phi) is 12.0. The molecular formula is C33H56O8S2Si. The van der Waals surface area contributed by atoms with Gasteiger partial charge < -0.3 is 38.0 Å². The summed E-state index contributed by atoms with van der Waals surface area (Å²) in [6.45, 7) is 18.5. The van der Waals surface area contributed by atoms with Gasteiger partial charge >= 0.3 is 0 Å². The molecule has 8 nitrogen and oxygen atoms in total. The monoisotopic (exact) mass is 672 g/mol. The predicted molar refractivity (Wildman–Crippen MR) is 181 cm³/mol. The van der Waals surface area contributed by atoms with Crippen LogP contribution in [0, 0.1) is 5.92 Å². The van der Waals surface area contributed by atoms with Crippen LogP contribution in [0.25, 0.3) is 0 Å². The molecular weight excluding hydrogens is 617 g/mol. The molecule has 0 bridgehead atoms. The fourth-order valence-corrected chi connectivity index (χ4v) is 10.7. The maximum absolute atomic E-state index is 12.3. The zero-order valence-electron chi connectivity index (χ0n) is 28.5. The van der Waals surface area contributed by atoms with Gasteiger partial charge in [0.15, 0.2) is 14.1 Å². The fraction of sp³-hybridized carbons (Fsp3) is 0.818. The van der Waals surface area contributed by atoms with E-state index in [0.717, 1.165) is 35.7 Å². The predicted octanol–water partition coefficient (Wildman–Crippen LogP) is 6.84. The van der Waals surface area contributed by atoms with Crippen molar-refractivity contribution in [1.82, 2.24) is 0 Å². The first-order valence-corrected chi connectivity index (χ1v) is 20.8. The first kappa shape index (κ1) is 36.5. The van der Waals surface area contributed by atoms with E-state index < -0.39 is 42.3 Å². The average Bonchev–Trinajstić information content (AvgIpc) is 3.30. The summed E-state index contributed by atoms with van der Waals surface area (Å²) in [6.07, 6.45) is 0.413. The number of aliphatic hydroxyl groups is 1. The minimum atomic E-state index is -2.14. The quantitative estimate of drug-likeness (QED) is 0.225. The molecule has 11 heteroatoms. The third-order valence-electron chi connectivity index (χ3n) is 9.47. The van der Waals surface area contributed by atoms with Crippen LogP contribution in [0.5, 0.6) is 5.75 Å². The van der Waals surface area contributed by atoms with Crippen LogP contribution in [0.1, 0.15) is 66.4 Å². The Hall–Kier alpha value is -0.343. The van der Waals surface area contributed by atoms with Crippen molar-refractivity contribution in [3.63, 3.8) is 0 Å². The highest BCUT2D eigenvalue weighted by molar-refractivity contribution is 8.18. The highest BCUT2D eigenvalue weighted by Crippen LogP contribution is 2.53. The summed E-state index contributed by atoms with van der Waals surface area (Å²) in [4.78, 5) is 0. The molecule has 0 amide bonds. The second-order valence-electron chi connectivity index (χ2n) is 14.5. The second kappa shape index (κ2) is 14.4. The second-order valence-corrected chi connectivity index (χ2v) is 22.4. The van der Waals surface area contributed by atoms with E-state index in [0.29, 0.717) is 19.6 Å². The lowest BCUT2D eigenvalue weighted by Gasteiger charge is -2.51.